The minimum absolute atomic E-state index is 0.128. The normalized spacial score (nSPS) is 14.4. The molecule has 0 bridgehead atoms. The average Bonchev–Trinajstić information content (AvgIpc) is 3.23. The van der Waals surface area contributed by atoms with E-state index in [2.05, 4.69) is 15.5 Å². The monoisotopic (exact) mass is 418 g/mol. The van der Waals surface area contributed by atoms with Crippen LogP contribution < -0.4 is 5.32 Å². The Morgan fingerprint density at radius 1 is 1.21 bits per heavy atom. The van der Waals surface area contributed by atoms with Crippen molar-refractivity contribution in [3.63, 3.8) is 0 Å². The third-order valence-electron chi connectivity index (χ3n) is 4.39. The van der Waals surface area contributed by atoms with Crippen LogP contribution in [0.5, 0.6) is 0 Å². The lowest BCUT2D eigenvalue weighted by molar-refractivity contribution is 0.102. The Hall–Kier alpha value is -2.56. The first-order valence-electron chi connectivity index (χ1n) is 8.61. The molecule has 1 aromatic carbocycles. The summed E-state index contributed by atoms with van der Waals surface area (Å²) in [5.74, 6) is 1.13. The van der Waals surface area contributed by atoms with Crippen LogP contribution in [0.2, 0.25) is 0 Å². The summed E-state index contributed by atoms with van der Waals surface area (Å²) in [6, 6.07) is 7.56. The molecule has 0 aliphatic heterocycles. The number of rotatable bonds is 6. The highest BCUT2D eigenvalue weighted by Crippen LogP contribution is 2.40. The Morgan fingerprint density at radius 2 is 1.93 bits per heavy atom. The SMILES string of the molecule is CN(C)S(=O)(=O)c1ccc(C(=O)Nc2ccsc2-c2nc(C3CC3)no2)cc1. The highest BCUT2D eigenvalue weighted by atomic mass is 32.2. The third kappa shape index (κ3) is 3.58. The van der Waals surface area contributed by atoms with Crippen LogP contribution in [0.4, 0.5) is 5.69 Å². The third-order valence-corrected chi connectivity index (χ3v) is 7.12. The molecule has 8 nitrogen and oxygen atoms in total. The first-order chi connectivity index (χ1) is 13.4. The molecule has 3 aromatic rings. The van der Waals surface area contributed by atoms with Gasteiger partial charge < -0.3 is 9.84 Å². The predicted octanol–water partition coefficient (Wildman–Crippen LogP) is 3.18. The highest BCUT2D eigenvalue weighted by molar-refractivity contribution is 7.89. The zero-order chi connectivity index (χ0) is 19.9. The Labute approximate surface area is 166 Å². The van der Waals surface area contributed by atoms with Crippen molar-refractivity contribution in [3.05, 3.63) is 47.1 Å². The van der Waals surface area contributed by atoms with Crippen LogP contribution in [0.25, 0.3) is 10.8 Å². The van der Waals surface area contributed by atoms with Crippen molar-refractivity contribution in [1.29, 1.82) is 0 Å². The van der Waals surface area contributed by atoms with Crippen molar-refractivity contribution in [2.75, 3.05) is 19.4 Å². The number of amides is 1. The molecule has 10 heteroatoms. The van der Waals surface area contributed by atoms with Crippen molar-refractivity contribution < 1.29 is 17.7 Å². The molecule has 0 atom stereocenters. The fourth-order valence-corrected chi connectivity index (χ4v) is 4.26. The Bertz CT molecular complexity index is 1110. The topological polar surface area (TPSA) is 105 Å². The molecule has 1 aliphatic rings. The lowest BCUT2D eigenvalue weighted by atomic mass is 10.2. The molecular weight excluding hydrogens is 400 g/mol. The zero-order valence-electron chi connectivity index (χ0n) is 15.2. The van der Waals surface area contributed by atoms with Gasteiger partial charge in [0, 0.05) is 25.6 Å². The fourth-order valence-electron chi connectivity index (χ4n) is 2.59. The van der Waals surface area contributed by atoms with Gasteiger partial charge in [0.15, 0.2) is 5.82 Å². The van der Waals surface area contributed by atoms with Crippen LogP contribution in [-0.2, 0) is 10.0 Å². The minimum atomic E-state index is -3.54. The Morgan fingerprint density at radius 3 is 2.57 bits per heavy atom. The second kappa shape index (κ2) is 7.12. The molecule has 146 valence electrons. The number of benzene rings is 1. The summed E-state index contributed by atoms with van der Waals surface area (Å²) in [5, 5.41) is 8.66. The largest absolute Gasteiger partial charge is 0.333 e. The number of sulfonamides is 1. The van der Waals surface area contributed by atoms with Gasteiger partial charge in [-0.05, 0) is 48.6 Å². The van der Waals surface area contributed by atoms with E-state index >= 15 is 0 Å². The lowest BCUT2D eigenvalue weighted by Crippen LogP contribution is -2.22. The van der Waals surface area contributed by atoms with E-state index in [9.17, 15) is 13.2 Å². The van der Waals surface area contributed by atoms with E-state index in [-0.39, 0.29) is 10.8 Å². The highest BCUT2D eigenvalue weighted by Gasteiger charge is 2.29. The number of hydrogen-bond acceptors (Lipinski definition) is 7. The number of hydrogen-bond donors (Lipinski definition) is 1. The van der Waals surface area contributed by atoms with E-state index in [4.69, 9.17) is 4.52 Å². The average molecular weight is 419 g/mol. The fraction of sp³-hybridized carbons (Fsp3) is 0.278. The summed E-state index contributed by atoms with van der Waals surface area (Å²) in [5.41, 5.74) is 0.921. The maximum Gasteiger partial charge on any atom is 0.270 e. The summed E-state index contributed by atoms with van der Waals surface area (Å²) in [6.07, 6.45) is 2.15. The van der Waals surface area contributed by atoms with Crippen LogP contribution in [0.15, 0.2) is 45.1 Å². The molecule has 0 unspecified atom stereocenters. The van der Waals surface area contributed by atoms with Gasteiger partial charge in [-0.25, -0.2) is 12.7 Å². The maximum atomic E-state index is 12.6. The summed E-state index contributed by atoms with van der Waals surface area (Å²) in [4.78, 5) is 17.8. The Kier molecular flexibility index (Phi) is 4.77. The number of carbonyl (C=O) groups is 1. The van der Waals surface area contributed by atoms with Gasteiger partial charge in [0.1, 0.15) is 4.88 Å². The molecule has 1 amide bonds. The number of nitrogens with zero attached hydrogens (tertiary/aromatic N) is 3. The quantitative estimate of drug-likeness (QED) is 0.659. The van der Waals surface area contributed by atoms with E-state index in [0.717, 1.165) is 17.1 Å². The molecule has 0 spiro atoms. The lowest BCUT2D eigenvalue weighted by Gasteiger charge is -2.11. The number of nitrogens with one attached hydrogen (secondary N) is 1. The van der Waals surface area contributed by atoms with Gasteiger partial charge in [-0.1, -0.05) is 5.16 Å². The molecule has 1 fully saturated rings. The van der Waals surface area contributed by atoms with Crippen molar-refractivity contribution in [3.8, 4) is 10.8 Å². The summed E-state index contributed by atoms with van der Waals surface area (Å²) in [6.45, 7) is 0. The zero-order valence-corrected chi connectivity index (χ0v) is 16.9. The molecule has 0 radical (unpaired) electrons. The van der Waals surface area contributed by atoms with Crippen molar-refractivity contribution in [2.45, 2.75) is 23.7 Å². The molecule has 1 N–H and O–H groups in total. The van der Waals surface area contributed by atoms with Crippen LogP contribution in [0.3, 0.4) is 0 Å². The Balaban J connectivity index is 1.52. The van der Waals surface area contributed by atoms with Crippen LogP contribution in [0.1, 0.15) is 34.9 Å². The molecular formula is C18H18N4O4S2. The van der Waals surface area contributed by atoms with E-state index in [1.807, 2.05) is 5.38 Å². The molecule has 4 rings (SSSR count). The van der Waals surface area contributed by atoms with Crippen LogP contribution in [-0.4, -0.2) is 42.9 Å². The molecule has 2 aromatic heterocycles. The number of thiophene rings is 1. The van der Waals surface area contributed by atoms with Crippen molar-refractivity contribution >= 4 is 33.0 Å². The van der Waals surface area contributed by atoms with E-state index in [0.29, 0.717) is 33.8 Å². The summed E-state index contributed by atoms with van der Waals surface area (Å²) in [7, 11) is -0.619. The smallest absolute Gasteiger partial charge is 0.270 e. The van der Waals surface area contributed by atoms with E-state index < -0.39 is 10.0 Å². The number of carbonyl (C=O) groups excluding carboxylic acids is 1. The molecule has 0 saturated heterocycles. The van der Waals surface area contributed by atoms with Gasteiger partial charge in [-0.3, -0.25) is 4.79 Å². The molecule has 1 aliphatic carbocycles. The first kappa shape index (κ1) is 18.8. The molecule has 1 saturated carbocycles. The van der Waals surface area contributed by atoms with Crippen molar-refractivity contribution in [1.82, 2.24) is 14.4 Å². The van der Waals surface area contributed by atoms with Crippen LogP contribution in [0, 0.1) is 0 Å². The standard InChI is InChI=1S/C18H18N4O4S2/c1-22(2)28(24,25)13-7-5-12(6-8-13)17(23)19-14-9-10-27-15(14)18-20-16(21-26-18)11-3-4-11/h5-11H,3-4H2,1-2H3,(H,19,23). The second-order valence-electron chi connectivity index (χ2n) is 6.66. The van der Waals surface area contributed by atoms with E-state index in [1.165, 1.54) is 49.7 Å². The summed E-state index contributed by atoms with van der Waals surface area (Å²) >= 11 is 1.40. The van der Waals surface area contributed by atoms with Gasteiger partial charge >= 0.3 is 0 Å². The van der Waals surface area contributed by atoms with Gasteiger partial charge in [-0.2, -0.15) is 4.98 Å². The van der Waals surface area contributed by atoms with Crippen molar-refractivity contribution in [2.24, 2.45) is 0 Å². The first-order valence-corrected chi connectivity index (χ1v) is 10.9. The van der Waals surface area contributed by atoms with Crippen LogP contribution >= 0.6 is 11.3 Å². The van der Waals surface area contributed by atoms with Gasteiger partial charge in [0.25, 0.3) is 11.8 Å². The van der Waals surface area contributed by atoms with Gasteiger partial charge in [0.05, 0.1) is 10.6 Å². The number of aromatic nitrogens is 2. The molecule has 28 heavy (non-hydrogen) atoms. The summed E-state index contributed by atoms with van der Waals surface area (Å²) < 4.78 is 30.7. The van der Waals surface area contributed by atoms with Gasteiger partial charge in [0.2, 0.25) is 10.0 Å². The minimum Gasteiger partial charge on any atom is -0.333 e. The second-order valence-corrected chi connectivity index (χ2v) is 9.73. The van der Waals surface area contributed by atoms with Gasteiger partial charge in [-0.15, -0.1) is 11.3 Å². The van der Waals surface area contributed by atoms with E-state index in [1.54, 1.807) is 6.07 Å². The number of anilines is 1. The predicted molar refractivity (Wildman–Crippen MR) is 105 cm³/mol. The maximum absolute atomic E-state index is 12.6. The molecule has 2 heterocycles.